The molecule has 0 radical (unpaired) electrons. The molecule has 5 nitrogen and oxygen atoms in total. The van der Waals surface area contributed by atoms with Crippen LogP contribution in [0.5, 0.6) is 0 Å². The van der Waals surface area contributed by atoms with Gasteiger partial charge in [-0.05, 0) is 30.5 Å². The molecule has 112 valence electrons. The first kappa shape index (κ1) is 14.0. The Balaban J connectivity index is 1.61. The fourth-order valence-electron chi connectivity index (χ4n) is 2.57. The molecule has 1 aromatic carbocycles. The van der Waals surface area contributed by atoms with Gasteiger partial charge < -0.3 is 15.5 Å². The van der Waals surface area contributed by atoms with Gasteiger partial charge in [-0.2, -0.15) is 0 Å². The number of piperazine rings is 1. The molecule has 0 unspecified atom stereocenters. The van der Waals surface area contributed by atoms with E-state index in [9.17, 15) is 14.0 Å². The molecular weight excluding hydrogens is 273 g/mol. The molecule has 1 aliphatic carbocycles. The van der Waals surface area contributed by atoms with Crippen molar-refractivity contribution in [2.45, 2.75) is 24.9 Å². The van der Waals surface area contributed by atoms with E-state index < -0.39 is 5.54 Å². The number of rotatable bonds is 3. The molecule has 2 N–H and O–H groups in total. The van der Waals surface area contributed by atoms with Crippen LogP contribution in [0.25, 0.3) is 0 Å². The van der Waals surface area contributed by atoms with Crippen molar-refractivity contribution in [3.05, 3.63) is 35.6 Å². The van der Waals surface area contributed by atoms with E-state index >= 15 is 0 Å². The van der Waals surface area contributed by atoms with Crippen LogP contribution in [0.2, 0.25) is 0 Å². The third-order valence-electron chi connectivity index (χ3n) is 4.08. The molecule has 0 bridgehead atoms. The number of nitrogens with zero attached hydrogens (tertiary/aromatic N) is 2. The minimum absolute atomic E-state index is 0.0626. The third kappa shape index (κ3) is 2.90. The predicted octanol–water partition coefficient (Wildman–Crippen LogP) is 0.488. The summed E-state index contributed by atoms with van der Waals surface area (Å²) in [4.78, 5) is 27.4. The summed E-state index contributed by atoms with van der Waals surface area (Å²) in [5.74, 6) is -0.558. The lowest BCUT2D eigenvalue weighted by atomic mass is 10.1. The van der Waals surface area contributed by atoms with Crippen molar-refractivity contribution in [1.82, 2.24) is 9.80 Å². The van der Waals surface area contributed by atoms with E-state index in [4.69, 9.17) is 5.73 Å². The molecule has 0 spiro atoms. The Kier molecular flexibility index (Phi) is 3.41. The Hall–Kier alpha value is -1.95. The van der Waals surface area contributed by atoms with Gasteiger partial charge in [0.1, 0.15) is 5.82 Å². The number of hydrogen-bond donors (Lipinski definition) is 1. The number of benzene rings is 1. The number of nitrogens with two attached hydrogens (primary N) is 1. The third-order valence-corrected chi connectivity index (χ3v) is 4.08. The lowest BCUT2D eigenvalue weighted by Gasteiger charge is -2.35. The molecule has 0 aromatic heterocycles. The Morgan fingerprint density at radius 3 is 2.71 bits per heavy atom. The maximum Gasteiger partial charge on any atom is 0.243 e. The molecule has 1 saturated carbocycles. The fourth-order valence-corrected chi connectivity index (χ4v) is 2.57. The maximum absolute atomic E-state index is 13.2. The van der Waals surface area contributed by atoms with E-state index in [1.165, 1.54) is 17.0 Å². The monoisotopic (exact) mass is 291 g/mol. The highest BCUT2D eigenvalue weighted by Crippen LogP contribution is 2.34. The zero-order valence-electron chi connectivity index (χ0n) is 11.7. The van der Waals surface area contributed by atoms with Gasteiger partial charge in [-0.25, -0.2) is 4.39 Å². The molecule has 1 aliphatic heterocycles. The van der Waals surface area contributed by atoms with Crippen LogP contribution in [0.1, 0.15) is 18.4 Å². The Morgan fingerprint density at radius 1 is 1.33 bits per heavy atom. The summed E-state index contributed by atoms with van der Waals surface area (Å²) in [6.07, 6.45) is 1.40. The van der Waals surface area contributed by atoms with Gasteiger partial charge in [0.05, 0.1) is 12.1 Å². The smallest absolute Gasteiger partial charge is 0.243 e. The van der Waals surface area contributed by atoms with Crippen molar-refractivity contribution in [3.8, 4) is 0 Å². The van der Waals surface area contributed by atoms with Gasteiger partial charge in [0.25, 0.3) is 0 Å². The largest absolute Gasteiger partial charge is 0.335 e. The molecule has 2 amide bonds. The summed E-state index contributed by atoms with van der Waals surface area (Å²) in [6, 6.07) is 6.20. The van der Waals surface area contributed by atoms with Crippen LogP contribution < -0.4 is 5.73 Å². The predicted molar refractivity (Wildman–Crippen MR) is 74.5 cm³/mol. The van der Waals surface area contributed by atoms with Crippen molar-refractivity contribution in [1.29, 1.82) is 0 Å². The fraction of sp³-hybridized carbons (Fsp3) is 0.467. The minimum Gasteiger partial charge on any atom is -0.335 e. The molecule has 0 atom stereocenters. The Morgan fingerprint density at radius 2 is 2.10 bits per heavy atom. The number of carbonyl (C=O) groups is 2. The zero-order valence-corrected chi connectivity index (χ0v) is 11.7. The molecule has 6 heteroatoms. The van der Waals surface area contributed by atoms with E-state index in [0.29, 0.717) is 32.5 Å². The highest BCUT2D eigenvalue weighted by molar-refractivity contribution is 5.93. The molecule has 2 fully saturated rings. The first-order valence-electron chi connectivity index (χ1n) is 7.08. The molecule has 3 rings (SSSR count). The molecule has 2 aliphatic rings. The first-order valence-corrected chi connectivity index (χ1v) is 7.08. The van der Waals surface area contributed by atoms with Crippen LogP contribution in [-0.2, 0) is 16.1 Å². The van der Waals surface area contributed by atoms with E-state index in [1.807, 2.05) is 0 Å². The number of hydrogen-bond acceptors (Lipinski definition) is 3. The topological polar surface area (TPSA) is 66.6 Å². The lowest BCUT2D eigenvalue weighted by molar-refractivity contribution is -0.146. The lowest BCUT2D eigenvalue weighted by Crippen LogP contribution is -2.56. The van der Waals surface area contributed by atoms with Gasteiger partial charge >= 0.3 is 0 Å². The number of halogens is 1. The molecule has 21 heavy (non-hydrogen) atoms. The second-order valence-electron chi connectivity index (χ2n) is 5.83. The summed E-state index contributed by atoms with van der Waals surface area (Å²) in [6.45, 7) is 1.37. The quantitative estimate of drug-likeness (QED) is 0.881. The van der Waals surface area contributed by atoms with Crippen molar-refractivity contribution >= 4 is 11.8 Å². The second kappa shape index (κ2) is 5.11. The normalized spacial score (nSPS) is 20.6. The van der Waals surface area contributed by atoms with E-state index in [0.717, 1.165) is 5.56 Å². The molecule has 1 heterocycles. The second-order valence-corrected chi connectivity index (χ2v) is 5.83. The number of amides is 2. The zero-order chi connectivity index (χ0) is 15.0. The van der Waals surface area contributed by atoms with Gasteiger partial charge in [0.15, 0.2) is 0 Å². The van der Waals surface area contributed by atoms with Crippen molar-refractivity contribution in [2.24, 2.45) is 5.73 Å². The summed E-state index contributed by atoms with van der Waals surface area (Å²) in [5, 5.41) is 0. The van der Waals surface area contributed by atoms with Crippen LogP contribution >= 0.6 is 0 Å². The van der Waals surface area contributed by atoms with E-state index in [1.54, 1.807) is 17.0 Å². The van der Waals surface area contributed by atoms with Crippen LogP contribution in [0, 0.1) is 5.82 Å². The van der Waals surface area contributed by atoms with Crippen LogP contribution in [0.3, 0.4) is 0 Å². The summed E-state index contributed by atoms with van der Waals surface area (Å²) in [7, 11) is 0. The van der Waals surface area contributed by atoms with E-state index in [2.05, 4.69) is 0 Å². The highest BCUT2D eigenvalue weighted by Gasteiger charge is 2.49. The van der Waals surface area contributed by atoms with Crippen LogP contribution in [0.4, 0.5) is 4.39 Å². The first-order chi connectivity index (χ1) is 9.98. The van der Waals surface area contributed by atoms with Crippen LogP contribution in [-0.4, -0.2) is 46.8 Å². The standard InChI is InChI=1S/C15H18FN3O2/c16-12-3-1-2-11(8-12)9-18-6-7-19(10-13(18)20)14(21)15(17)4-5-15/h1-3,8H,4-7,9-10,17H2. The summed E-state index contributed by atoms with van der Waals surface area (Å²) < 4.78 is 13.2. The molecule has 1 saturated heterocycles. The van der Waals surface area contributed by atoms with E-state index in [-0.39, 0.29) is 24.2 Å². The van der Waals surface area contributed by atoms with Crippen molar-refractivity contribution in [3.63, 3.8) is 0 Å². The van der Waals surface area contributed by atoms with Gasteiger partial charge in [-0.1, -0.05) is 12.1 Å². The SMILES string of the molecule is NC1(C(=O)N2CCN(Cc3cccc(F)c3)C(=O)C2)CC1. The average molecular weight is 291 g/mol. The van der Waals surface area contributed by atoms with Gasteiger partial charge in [0.2, 0.25) is 11.8 Å². The van der Waals surface area contributed by atoms with Crippen molar-refractivity contribution < 1.29 is 14.0 Å². The number of carbonyl (C=O) groups excluding carboxylic acids is 2. The van der Waals surface area contributed by atoms with Gasteiger partial charge in [-0.15, -0.1) is 0 Å². The summed E-state index contributed by atoms with van der Waals surface area (Å²) in [5.41, 5.74) is 5.90. The average Bonchev–Trinajstić information content (AvgIpc) is 3.20. The van der Waals surface area contributed by atoms with Crippen LogP contribution in [0.15, 0.2) is 24.3 Å². The Bertz CT molecular complexity index is 586. The highest BCUT2D eigenvalue weighted by atomic mass is 19.1. The van der Waals surface area contributed by atoms with Gasteiger partial charge in [0, 0.05) is 19.6 Å². The summed E-state index contributed by atoms with van der Waals surface area (Å²) >= 11 is 0. The van der Waals surface area contributed by atoms with Crippen molar-refractivity contribution in [2.75, 3.05) is 19.6 Å². The Labute approximate surface area is 122 Å². The molecule has 1 aromatic rings. The molecular formula is C15H18FN3O2. The van der Waals surface area contributed by atoms with Gasteiger partial charge in [-0.3, -0.25) is 9.59 Å². The maximum atomic E-state index is 13.2. The minimum atomic E-state index is -0.731.